The lowest BCUT2D eigenvalue weighted by molar-refractivity contribution is -0.151. The Morgan fingerprint density at radius 1 is 0.943 bits per heavy atom. The first-order chi connectivity index (χ1) is 16.9. The third-order valence-electron chi connectivity index (χ3n) is 6.27. The van der Waals surface area contributed by atoms with Gasteiger partial charge in [0, 0.05) is 5.92 Å². The summed E-state index contributed by atoms with van der Waals surface area (Å²) in [6.07, 6.45) is 1.09. The summed E-state index contributed by atoms with van der Waals surface area (Å²) in [7, 11) is 0. The first-order valence-electron chi connectivity index (χ1n) is 11.7. The number of carbonyl (C=O) groups excluding carboxylic acids is 3. The van der Waals surface area contributed by atoms with E-state index in [0.29, 0.717) is 0 Å². The highest BCUT2D eigenvalue weighted by Gasteiger charge is 2.36. The number of hydrogen-bond acceptors (Lipinski definition) is 6. The van der Waals surface area contributed by atoms with Crippen LogP contribution in [0, 0.1) is 5.92 Å². The van der Waals surface area contributed by atoms with Gasteiger partial charge in [0.15, 0.2) is 0 Å². The van der Waals surface area contributed by atoms with E-state index < -0.39 is 36.0 Å². The van der Waals surface area contributed by atoms with Crippen molar-refractivity contribution in [2.75, 3.05) is 13.2 Å². The van der Waals surface area contributed by atoms with E-state index in [1.807, 2.05) is 48.5 Å². The van der Waals surface area contributed by atoms with Crippen molar-refractivity contribution in [3.63, 3.8) is 0 Å². The molecule has 2 aliphatic carbocycles. The van der Waals surface area contributed by atoms with Crippen molar-refractivity contribution >= 4 is 23.9 Å². The lowest BCUT2D eigenvalue weighted by atomic mass is 9.98. The number of amides is 2. The topological polar surface area (TPSA) is 131 Å². The van der Waals surface area contributed by atoms with E-state index in [1.54, 1.807) is 6.92 Å². The van der Waals surface area contributed by atoms with Crippen LogP contribution in [0.2, 0.25) is 0 Å². The van der Waals surface area contributed by atoms with Gasteiger partial charge in [-0.25, -0.2) is 14.4 Å². The summed E-state index contributed by atoms with van der Waals surface area (Å²) in [5, 5.41) is 14.0. The normalized spacial score (nSPS) is 15.8. The fourth-order valence-corrected chi connectivity index (χ4v) is 4.38. The van der Waals surface area contributed by atoms with E-state index in [-0.39, 0.29) is 31.5 Å². The highest BCUT2D eigenvalue weighted by atomic mass is 16.6. The van der Waals surface area contributed by atoms with Gasteiger partial charge in [-0.1, -0.05) is 61.4 Å². The van der Waals surface area contributed by atoms with Gasteiger partial charge in [0.25, 0.3) is 5.91 Å². The van der Waals surface area contributed by atoms with Gasteiger partial charge in [-0.15, -0.1) is 0 Å². The molecule has 0 aliphatic heterocycles. The number of carbonyl (C=O) groups is 4. The summed E-state index contributed by atoms with van der Waals surface area (Å²) in [4.78, 5) is 49.3. The minimum Gasteiger partial charge on any atom is -0.480 e. The summed E-state index contributed by atoms with van der Waals surface area (Å²) < 4.78 is 10.3. The monoisotopic (exact) mass is 480 g/mol. The maximum Gasteiger partial charge on any atom is 0.408 e. The van der Waals surface area contributed by atoms with Gasteiger partial charge in [-0.2, -0.15) is 0 Å². The number of rotatable bonds is 10. The molecular weight excluding hydrogens is 452 g/mol. The van der Waals surface area contributed by atoms with Crippen molar-refractivity contribution in [1.29, 1.82) is 0 Å². The lowest BCUT2D eigenvalue weighted by Crippen LogP contribution is -2.55. The zero-order valence-electron chi connectivity index (χ0n) is 19.4. The molecule has 0 saturated heterocycles. The number of carboxylic acids is 1. The van der Waals surface area contributed by atoms with E-state index >= 15 is 0 Å². The van der Waals surface area contributed by atoms with E-state index in [0.717, 1.165) is 35.1 Å². The van der Waals surface area contributed by atoms with Crippen LogP contribution in [0.5, 0.6) is 0 Å². The third-order valence-corrected chi connectivity index (χ3v) is 6.27. The van der Waals surface area contributed by atoms with Gasteiger partial charge in [-0.3, -0.25) is 10.1 Å². The van der Waals surface area contributed by atoms with Crippen LogP contribution in [0.3, 0.4) is 0 Å². The largest absolute Gasteiger partial charge is 0.480 e. The summed E-state index contributed by atoms with van der Waals surface area (Å²) >= 11 is 0. The molecule has 0 radical (unpaired) electrons. The molecule has 1 saturated carbocycles. The van der Waals surface area contributed by atoms with Crippen LogP contribution in [0.15, 0.2) is 48.5 Å². The van der Waals surface area contributed by atoms with Gasteiger partial charge in [0.2, 0.25) is 6.04 Å². The summed E-state index contributed by atoms with van der Waals surface area (Å²) in [5.74, 6) is -3.11. The predicted octanol–water partition coefficient (Wildman–Crippen LogP) is 2.83. The highest BCUT2D eigenvalue weighted by Crippen LogP contribution is 2.44. The Morgan fingerprint density at radius 2 is 1.54 bits per heavy atom. The lowest BCUT2D eigenvalue weighted by Gasteiger charge is -2.21. The van der Waals surface area contributed by atoms with Crippen LogP contribution in [0.4, 0.5) is 4.79 Å². The number of esters is 1. The van der Waals surface area contributed by atoms with Gasteiger partial charge < -0.3 is 19.9 Å². The molecule has 3 N–H and O–H groups in total. The minimum absolute atomic E-state index is 0.00352. The average molecular weight is 481 g/mol. The molecular formula is C26H28N2O7. The fraction of sp³-hybridized carbons (Fsp3) is 0.385. The maximum atomic E-state index is 12.8. The molecule has 1 unspecified atom stereocenters. The second kappa shape index (κ2) is 10.6. The van der Waals surface area contributed by atoms with Crippen LogP contribution in [0.1, 0.15) is 43.2 Å². The molecule has 0 spiro atoms. The molecule has 35 heavy (non-hydrogen) atoms. The Labute approximate surface area is 202 Å². The molecule has 184 valence electrons. The Morgan fingerprint density at radius 3 is 2.09 bits per heavy atom. The molecule has 4 rings (SSSR count). The molecule has 2 aromatic carbocycles. The number of hydrogen-bond donors (Lipinski definition) is 3. The first kappa shape index (κ1) is 24.3. The van der Waals surface area contributed by atoms with Crippen molar-refractivity contribution < 1.29 is 33.8 Å². The van der Waals surface area contributed by atoms with Gasteiger partial charge >= 0.3 is 18.0 Å². The van der Waals surface area contributed by atoms with E-state index in [2.05, 4.69) is 10.6 Å². The van der Waals surface area contributed by atoms with Crippen LogP contribution in [-0.4, -0.2) is 54.3 Å². The van der Waals surface area contributed by atoms with Crippen molar-refractivity contribution in [2.45, 2.75) is 44.2 Å². The first-order valence-corrected chi connectivity index (χ1v) is 11.7. The summed E-state index contributed by atoms with van der Waals surface area (Å²) in [6, 6.07) is 12.8. The number of nitrogens with one attached hydrogen (secondary N) is 2. The summed E-state index contributed by atoms with van der Waals surface area (Å²) in [5.41, 5.74) is 4.17. The van der Waals surface area contributed by atoms with Crippen LogP contribution >= 0.6 is 0 Å². The molecule has 9 nitrogen and oxygen atoms in total. The Hall–Kier alpha value is -3.88. The van der Waals surface area contributed by atoms with Crippen molar-refractivity contribution in [3.8, 4) is 11.1 Å². The Bertz CT molecular complexity index is 1080. The smallest absolute Gasteiger partial charge is 0.408 e. The Kier molecular flexibility index (Phi) is 7.33. The third kappa shape index (κ3) is 5.62. The number of carboxylic acid groups (broad SMARTS) is 1. The predicted molar refractivity (Wildman–Crippen MR) is 126 cm³/mol. The molecule has 2 aromatic rings. The average Bonchev–Trinajstić information content (AvgIpc) is 3.61. The molecule has 0 bridgehead atoms. The number of alkyl carbamates (subject to hydrolysis) is 1. The molecule has 2 aliphatic rings. The van der Waals surface area contributed by atoms with Crippen LogP contribution < -0.4 is 10.6 Å². The quantitative estimate of drug-likeness (QED) is 0.352. The maximum absolute atomic E-state index is 12.8. The van der Waals surface area contributed by atoms with Crippen LogP contribution in [0.25, 0.3) is 11.1 Å². The van der Waals surface area contributed by atoms with E-state index in [9.17, 15) is 24.3 Å². The zero-order chi connectivity index (χ0) is 24.9. The van der Waals surface area contributed by atoms with Gasteiger partial charge in [-0.05, 0) is 41.5 Å². The Balaban J connectivity index is 1.42. The molecule has 2 atom stereocenters. The van der Waals surface area contributed by atoms with Gasteiger partial charge in [0.05, 0.1) is 6.61 Å². The van der Waals surface area contributed by atoms with E-state index in [4.69, 9.17) is 9.47 Å². The SMILES string of the molecule is CCOC(=O)C(NC(=O)OCC1c2ccccc2-c2ccccc21)C(=O)N[C@@H](CC1CC1)C(=O)O. The highest BCUT2D eigenvalue weighted by molar-refractivity contribution is 6.05. The zero-order valence-corrected chi connectivity index (χ0v) is 19.4. The standard InChI is InChI=1S/C26H28N2O7/c1-2-34-25(32)22(23(29)27-21(24(30)31)13-15-11-12-15)28-26(33)35-14-20-18-9-5-3-7-16(18)17-8-4-6-10-19(17)20/h3-10,15,20-22H,2,11-14H2,1H3,(H,27,29)(H,28,33)(H,30,31)/t21-,22?/m0/s1. The van der Waals surface area contributed by atoms with Crippen LogP contribution in [-0.2, 0) is 23.9 Å². The summed E-state index contributed by atoms with van der Waals surface area (Å²) in [6.45, 7) is 1.54. The second-order valence-electron chi connectivity index (χ2n) is 8.73. The molecule has 9 heteroatoms. The molecule has 0 aromatic heterocycles. The number of ether oxygens (including phenoxy) is 2. The fourth-order valence-electron chi connectivity index (χ4n) is 4.38. The van der Waals surface area contributed by atoms with Crippen molar-refractivity contribution in [2.24, 2.45) is 5.92 Å². The number of fused-ring (bicyclic) bond motifs is 3. The number of benzene rings is 2. The minimum atomic E-state index is -1.73. The number of aliphatic carboxylic acids is 1. The van der Waals surface area contributed by atoms with Crippen molar-refractivity contribution in [1.82, 2.24) is 10.6 Å². The second-order valence-corrected chi connectivity index (χ2v) is 8.73. The molecule has 0 heterocycles. The van der Waals surface area contributed by atoms with Crippen molar-refractivity contribution in [3.05, 3.63) is 59.7 Å². The van der Waals surface area contributed by atoms with E-state index in [1.165, 1.54) is 0 Å². The molecule has 2 amide bonds. The van der Waals surface area contributed by atoms with Gasteiger partial charge in [0.1, 0.15) is 12.6 Å². The molecule has 1 fully saturated rings.